The SMILES string of the molecule is COc1cccc2c1C(=O)c1c(O)c3c(c(O)c1C2=O)C[C@](O)(C(=O)CO)CC3[C@H]1CC(NC(=O)OCc2ccc(NC(=O)[C@H](C)NC(=O)[C@@H](NC(C)(C)C)C(C)C)cc2)[C@@H](O)[C@@H](C)O1. The number of amides is 3. The van der Waals surface area contributed by atoms with E-state index in [2.05, 4.69) is 21.3 Å². The van der Waals surface area contributed by atoms with Crippen molar-refractivity contribution in [1.82, 2.24) is 16.0 Å². The molecule has 8 atom stereocenters. The molecule has 0 spiro atoms. The molecule has 0 aromatic heterocycles. The number of phenolic OH excluding ortho intramolecular Hbond substituents is 2. The molecule has 1 heterocycles. The van der Waals surface area contributed by atoms with Gasteiger partial charge in [0.25, 0.3) is 0 Å². The minimum atomic E-state index is -2.33. The number of carbonyl (C=O) groups excluding carboxylic acids is 6. The van der Waals surface area contributed by atoms with Gasteiger partial charge in [-0.15, -0.1) is 0 Å². The number of anilines is 1. The number of rotatable bonds is 13. The van der Waals surface area contributed by atoms with Gasteiger partial charge in [-0.2, -0.15) is 0 Å². The number of fused-ring (bicyclic) bond motifs is 3. The lowest BCUT2D eigenvalue weighted by atomic mass is 9.66. The summed E-state index contributed by atoms with van der Waals surface area (Å²) in [6, 6.07) is 8.35. The van der Waals surface area contributed by atoms with E-state index in [9.17, 15) is 54.3 Å². The number of hydrogen-bond donors (Lipinski definition) is 9. The quantitative estimate of drug-likeness (QED) is 0.0873. The second kappa shape index (κ2) is 18.9. The summed E-state index contributed by atoms with van der Waals surface area (Å²) in [5.41, 5.74) is -3.23. The monoisotopic (exact) mass is 902 g/mol. The minimum absolute atomic E-state index is 0.0240. The fourth-order valence-electron chi connectivity index (χ4n) is 8.88. The van der Waals surface area contributed by atoms with Crippen molar-refractivity contribution in [1.29, 1.82) is 0 Å². The lowest BCUT2D eigenvalue weighted by molar-refractivity contribution is -0.151. The van der Waals surface area contributed by atoms with E-state index >= 15 is 0 Å². The Labute approximate surface area is 376 Å². The summed E-state index contributed by atoms with van der Waals surface area (Å²) in [5.74, 6) is -5.97. The average Bonchev–Trinajstić information content (AvgIpc) is 3.25. The molecular formula is C47H58N4O14. The summed E-state index contributed by atoms with van der Waals surface area (Å²) in [5, 5.41) is 67.9. The molecule has 1 fully saturated rings. The highest BCUT2D eigenvalue weighted by atomic mass is 16.5. The van der Waals surface area contributed by atoms with Crippen molar-refractivity contribution in [2.24, 2.45) is 5.92 Å². The van der Waals surface area contributed by atoms with Crippen LogP contribution in [0.25, 0.3) is 0 Å². The van der Waals surface area contributed by atoms with E-state index < -0.39 is 119 Å². The van der Waals surface area contributed by atoms with E-state index in [1.54, 1.807) is 31.2 Å². The van der Waals surface area contributed by atoms with Gasteiger partial charge in [-0.3, -0.25) is 24.0 Å². The number of alkyl carbamates (subject to hydrolysis) is 1. The van der Waals surface area contributed by atoms with E-state index in [4.69, 9.17) is 14.2 Å². The molecule has 0 bridgehead atoms. The van der Waals surface area contributed by atoms with E-state index in [1.807, 2.05) is 34.6 Å². The molecule has 65 heavy (non-hydrogen) atoms. The van der Waals surface area contributed by atoms with Gasteiger partial charge in [0, 0.05) is 40.3 Å². The molecule has 18 heteroatoms. The van der Waals surface area contributed by atoms with Gasteiger partial charge < -0.3 is 61.0 Å². The van der Waals surface area contributed by atoms with Crippen LogP contribution in [0.5, 0.6) is 17.2 Å². The first-order valence-corrected chi connectivity index (χ1v) is 21.5. The molecule has 350 valence electrons. The topological polar surface area (TPSA) is 279 Å². The predicted octanol–water partition coefficient (Wildman–Crippen LogP) is 2.89. The molecule has 9 N–H and O–H groups in total. The Kier molecular flexibility index (Phi) is 14.1. The Morgan fingerprint density at radius 3 is 2.22 bits per heavy atom. The zero-order chi connectivity index (χ0) is 47.9. The van der Waals surface area contributed by atoms with Gasteiger partial charge >= 0.3 is 6.09 Å². The van der Waals surface area contributed by atoms with Gasteiger partial charge in [-0.05, 0) is 77.1 Å². The molecule has 18 nitrogen and oxygen atoms in total. The van der Waals surface area contributed by atoms with Crippen molar-refractivity contribution in [3.05, 3.63) is 81.4 Å². The Bertz CT molecular complexity index is 2380. The molecule has 1 aliphatic heterocycles. The van der Waals surface area contributed by atoms with Crippen LogP contribution in [0.3, 0.4) is 0 Å². The molecule has 0 radical (unpaired) electrons. The minimum Gasteiger partial charge on any atom is -0.507 e. The molecule has 2 unspecified atom stereocenters. The van der Waals surface area contributed by atoms with Gasteiger partial charge in [0.1, 0.15) is 48.2 Å². The van der Waals surface area contributed by atoms with Gasteiger partial charge in [-0.1, -0.05) is 38.1 Å². The number of aliphatic hydroxyl groups is 3. The third kappa shape index (κ3) is 9.86. The molecule has 3 aliphatic rings. The maximum atomic E-state index is 14.1. The summed E-state index contributed by atoms with van der Waals surface area (Å²) in [6.07, 6.45) is -5.61. The number of aromatic hydroxyl groups is 2. The van der Waals surface area contributed by atoms with Crippen LogP contribution < -0.4 is 26.0 Å². The molecular weight excluding hydrogens is 845 g/mol. The van der Waals surface area contributed by atoms with Crippen molar-refractivity contribution < 1.29 is 68.5 Å². The molecule has 1 saturated heterocycles. The summed E-state index contributed by atoms with van der Waals surface area (Å²) in [6.45, 7) is 11.5. The summed E-state index contributed by atoms with van der Waals surface area (Å²) < 4.78 is 17.0. The highest BCUT2D eigenvalue weighted by Gasteiger charge is 2.52. The highest BCUT2D eigenvalue weighted by Crippen LogP contribution is 2.54. The third-order valence-electron chi connectivity index (χ3n) is 12.2. The number of Topliss-reactive ketones (excluding diaryl/α,β-unsaturated/α-hetero) is 1. The first kappa shape index (κ1) is 48.5. The highest BCUT2D eigenvalue weighted by molar-refractivity contribution is 6.31. The van der Waals surface area contributed by atoms with Gasteiger partial charge in [-0.25, -0.2) is 4.79 Å². The number of methoxy groups -OCH3 is 1. The van der Waals surface area contributed by atoms with Gasteiger partial charge in [0.15, 0.2) is 11.6 Å². The molecule has 0 saturated carbocycles. The third-order valence-corrected chi connectivity index (χ3v) is 12.2. The van der Waals surface area contributed by atoms with Crippen LogP contribution in [-0.2, 0) is 36.9 Å². The lowest BCUT2D eigenvalue weighted by Crippen LogP contribution is -2.57. The van der Waals surface area contributed by atoms with E-state index in [0.29, 0.717) is 11.3 Å². The number of ether oxygens (including phenoxy) is 3. The van der Waals surface area contributed by atoms with Gasteiger partial charge in [0.2, 0.25) is 17.6 Å². The Hall–Kier alpha value is -5.92. The van der Waals surface area contributed by atoms with Crippen molar-refractivity contribution in [3.8, 4) is 17.2 Å². The first-order valence-electron chi connectivity index (χ1n) is 21.5. The Morgan fingerprint density at radius 1 is 0.938 bits per heavy atom. The summed E-state index contributed by atoms with van der Waals surface area (Å²) >= 11 is 0. The van der Waals surface area contributed by atoms with E-state index in [0.717, 1.165) is 0 Å². The summed E-state index contributed by atoms with van der Waals surface area (Å²) in [7, 11) is 1.31. The Balaban J connectivity index is 1.16. The van der Waals surface area contributed by atoms with Crippen LogP contribution >= 0.6 is 0 Å². The van der Waals surface area contributed by atoms with Crippen molar-refractivity contribution in [2.75, 3.05) is 19.0 Å². The van der Waals surface area contributed by atoms with Crippen molar-refractivity contribution in [3.63, 3.8) is 0 Å². The standard InChI is InChI=1S/C47H58N4O14/c1-21(2)37(51-46(5,6)7)44(60)48-22(3)43(59)49-25-14-12-24(13-15-25)20-64-45(61)50-29-16-31(65-23(4)38(29)54)27-17-47(62,32(53)19-52)18-28-33(27)41(57)36-35(40(28)56)39(55)26-10-9-11-30(63-8)34(26)42(36)58/h9-15,21-23,27,29,31,37-38,51-52,54,56-57,62H,16-20H2,1-8H3,(H,48,60)(H,49,59)(H,50,61)/t22-,23+,27?,29?,31+,37-,38-,47-/m0/s1. The molecule has 3 amide bonds. The largest absolute Gasteiger partial charge is 0.507 e. The van der Waals surface area contributed by atoms with Crippen molar-refractivity contribution >= 4 is 40.9 Å². The number of phenols is 2. The number of hydrogen-bond acceptors (Lipinski definition) is 15. The molecule has 6 rings (SSSR count). The first-order chi connectivity index (χ1) is 30.5. The summed E-state index contributed by atoms with van der Waals surface area (Å²) in [4.78, 5) is 80.2. The number of nitrogens with one attached hydrogen (secondary N) is 4. The number of carbonyl (C=O) groups is 6. The predicted molar refractivity (Wildman–Crippen MR) is 234 cm³/mol. The molecule has 3 aromatic rings. The second-order valence-electron chi connectivity index (χ2n) is 18.4. The Morgan fingerprint density at radius 2 is 1.60 bits per heavy atom. The number of aliphatic hydroxyl groups excluding tert-OH is 2. The number of benzene rings is 3. The molecule has 3 aromatic carbocycles. The van der Waals surface area contributed by atoms with Crippen LogP contribution in [0.1, 0.15) is 116 Å². The van der Waals surface area contributed by atoms with Crippen molar-refractivity contribution in [2.45, 2.75) is 128 Å². The van der Waals surface area contributed by atoms with Crippen LogP contribution in [0.2, 0.25) is 0 Å². The zero-order valence-corrected chi connectivity index (χ0v) is 37.6. The van der Waals surface area contributed by atoms with E-state index in [-0.39, 0.29) is 58.4 Å². The molecule has 2 aliphatic carbocycles. The second-order valence-corrected chi connectivity index (χ2v) is 18.4. The van der Waals surface area contributed by atoms with Gasteiger partial charge in [0.05, 0.1) is 48.1 Å². The van der Waals surface area contributed by atoms with E-state index in [1.165, 1.54) is 32.2 Å². The fraction of sp³-hybridized carbons (Fsp3) is 0.489. The van der Waals surface area contributed by atoms with Crippen LogP contribution in [-0.4, -0.2) is 122 Å². The maximum Gasteiger partial charge on any atom is 0.407 e. The van der Waals surface area contributed by atoms with Crippen LogP contribution in [0, 0.1) is 5.92 Å². The smallest absolute Gasteiger partial charge is 0.407 e. The fourth-order valence-corrected chi connectivity index (χ4v) is 8.88. The maximum absolute atomic E-state index is 14.1. The van der Waals surface area contributed by atoms with Crippen LogP contribution in [0.15, 0.2) is 42.5 Å². The average molecular weight is 903 g/mol. The normalized spacial score (nSPS) is 23.6. The van der Waals surface area contributed by atoms with Crippen LogP contribution in [0.4, 0.5) is 10.5 Å². The number of ketones is 3. The zero-order valence-electron chi connectivity index (χ0n) is 37.6. The lowest BCUT2D eigenvalue weighted by Gasteiger charge is -2.46.